The van der Waals surface area contributed by atoms with E-state index in [0.717, 1.165) is 25.1 Å². The SMILES string of the molecule is CCc1cc(C(=O)NCCCN(C)C(C)C)cc(Cl)n1. The summed E-state index contributed by atoms with van der Waals surface area (Å²) in [4.78, 5) is 18.4. The first-order chi connectivity index (χ1) is 9.43. The normalized spacial score (nSPS) is 11.2. The van der Waals surface area contributed by atoms with Gasteiger partial charge in [-0.05, 0) is 52.4 Å². The van der Waals surface area contributed by atoms with Crippen molar-refractivity contribution in [2.75, 3.05) is 20.1 Å². The van der Waals surface area contributed by atoms with Gasteiger partial charge in [-0.1, -0.05) is 18.5 Å². The Morgan fingerprint density at radius 1 is 1.45 bits per heavy atom. The molecular weight excluding hydrogens is 274 g/mol. The fourth-order valence-electron chi connectivity index (χ4n) is 1.75. The lowest BCUT2D eigenvalue weighted by molar-refractivity contribution is 0.0951. The summed E-state index contributed by atoms with van der Waals surface area (Å²) >= 11 is 5.91. The van der Waals surface area contributed by atoms with Crippen LogP contribution in [0.1, 0.15) is 43.2 Å². The number of rotatable bonds is 7. The van der Waals surface area contributed by atoms with Gasteiger partial charge >= 0.3 is 0 Å². The number of carbonyl (C=O) groups excluding carboxylic acids is 1. The van der Waals surface area contributed by atoms with Crippen molar-refractivity contribution >= 4 is 17.5 Å². The lowest BCUT2D eigenvalue weighted by Gasteiger charge is -2.20. The molecule has 0 bridgehead atoms. The highest BCUT2D eigenvalue weighted by molar-refractivity contribution is 6.29. The van der Waals surface area contributed by atoms with Crippen LogP contribution in [0.5, 0.6) is 0 Å². The van der Waals surface area contributed by atoms with E-state index in [1.807, 2.05) is 6.92 Å². The molecule has 1 N–H and O–H groups in total. The predicted octanol–water partition coefficient (Wildman–Crippen LogP) is 2.76. The Hall–Kier alpha value is -1.13. The van der Waals surface area contributed by atoms with E-state index in [-0.39, 0.29) is 5.91 Å². The number of nitrogens with one attached hydrogen (secondary N) is 1. The Morgan fingerprint density at radius 3 is 2.75 bits per heavy atom. The average molecular weight is 298 g/mol. The van der Waals surface area contributed by atoms with Gasteiger partial charge in [0, 0.05) is 23.8 Å². The minimum absolute atomic E-state index is 0.0869. The van der Waals surface area contributed by atoms with E-state index < -0.39 is 0 Å². The summed E-state index contributed by atoms with van der Waals surface area (Å²) in [6, 6.07) is 3.93. The van der Waals surface area contributed by atoms with E-state index in [9.17, 15) is 4.79 Å². The maximum Gasteiger partial charge on any atom is 0.251 e. The molecule has 1 rings (SSSR count). The molecule has 0 fully saturated rings. The number of hydrogen-bond donors (Lipinski definition) is 1. The molecule has 0 saturated heterocycles. The lowest BCUT2D eigenvalue weighted by Crippen LogP contribution is -2.31. The Bertz CT molecular complexity index is 449. The summed E-state index contributed by atoms with van der Waals surface area (Å²) in [6.07, 6.45) is 1.69. The zero-order valence-corrected chi connectivity index (χ0v) is 13.5. The Kier molecular flexibility index (Phi) is 6.96. The molecule has 1 amide bonds. The first kappa shape index (κ1) is 16.9. The zero-order chi connectivity index (χ0) is 15.1. The Labute approximate surface area is 126 Å². The summed E-state index contributed by atoms with van der Waals surface area (Å²) in [5, 5.41) is 3.29. The summed E-state index contributed by atoms with van der Waals surface area (Å²) in [5.74, 6) is -0.0869. The molecule has 0 spiro atoms. The highest BCUT2D eigenvalue weighted by Crippen LogP contribution is 2.11. The van der Waals surface area contributed by atoms with E-state index in [1.165, 1.54) is 0 Å². The van der Waals surface area contributed by atoms with Gasteiger partial charge in [-0.2, -0.15) is 0 Å². The quantitative estimate of drug-likeness (QED) is 0.622. The number of halogens is 1. The molecule has 0 atom stereocenters. The van der Waals surface area contributed by atoms with Crippen LogP contribution in [0.2, 0.25) is 5.15 Å². The van der Waals surface area contributed by atoms with Crippen LogP contribution in [-0.2, 0) is 6.42 Å². The van der Waals surface area contributed by atoms with Crippen LogP contribution in [0.3, 0.4) is 0 Å². The van der Waals surface area contributed by atoms with Gasteiger partial charge in [0.05, 0.1) is 0 Å². The van der Waals surface area contributed by atoms with Crippen molar-refractivity contribution in [2.24, 2.45) is 0 Å². The molecule has 1 aromatic heterocycles. The van der Waals surface area contributed by atoms with Crippen LogP contribution < -0.4 is 5.32 Å². The first-order valence-electron chi connectivity index (χ1n) is 7.09. The third-order valence-electron chi connectivity index (χ3n) is 3.33. The largest absolute Gasteiger partial charge is 0.352 e. The molecule has 20 heavy (non-hydrogen) atoms. The van der Waals surface area contributed by atoms with Crippen molar-refractivity contribution in [1.82, 2.24) is 15.2 Å². The molecule has 0 aliphatic rings. The van der Waals surface area contributed by atoms with E-state index >= 15 is 0 Å². The number of aromatic nitrogens is 1. The highest BCUT2D eigenvalue weighted by atomic mass is 35.5. The number of nitrogens with zero attached hydrogens (tertiary/aromatic N) is 2. The maximum atomic E-state index is 12.0. The second-order valence-electron chi connectivity index (χ2n) is 5.21. The van der Waals surface area contributed by atoms with E-state index in [0.29, 0.717) is 23.3 Å². The monoisotopic (exact) mass is 297 g/mol. The summed E-state index contributed by atoms with van der Waals surface area (Å²) in [5.41, 5.74) is 1.42. The Morgan fingerprint density at radius 2 is 2.15 bits per heavy atom. The van der Waals surface area contributed by atoms with Gasteiger partial charge in [-0.3, -0.25) is 4.79 Å². The van der Waals surface area contributed by atoms with Gasteiger partial charge < -0.3 is 10.2 Å². The Balaban J connectivity index is 2.45. The number of hydrogen-bond acceptors (Lipinski definition) is 3. The molecule has 5 heteroatoms. The van der Waals surface area contributed by atoms with Gasteiger partial charge in [-0.25, -0.2) is 4.98 Å². The molecule has 0 aromatic carbocycles. The van der Waals surface area contributed by atoms with Crippen LogP contribution in [-0.4, -0.2) is 42.0 Å². The fraction of sp³-hybridized carbons (Fsp3) is 0.600. The van der Waals surface area contributed by atoms with Gasteiger partial charge in [-0.15, -0.1) is 0 Å². The van der Waals surface area contributed by atoms with Crippen molar-refractivity contribution in [3.8, 4) is 0 Å². The fourth-order valence-corrected chi connectivity index (χ4v) is 1.98. The van der Waals surface area contributed by atoms with Crippen molar-refractivity contribution in [2.45, 2.75) is 39.7 Å². The maximum absolute atomic E-state index is 12.0. The molecule has 0 aliphatic carbocycles. The van der Waals surface area contributed by atoms with Gasteiger partial charge in [0.15, 0.2) is 0 Å². The van der Waals surface area contributed by atoms with E-state index in [1.54, 1.807) is 12.1 Å². The molecule has 0 saturated carbocycles. The minimum atomic E-state index is -0.0869. The molecule has 0 aliphatic heterocycles. The van der Waals surface area contributed by atoms with Crippen molar-refractivity contribution in [1.29, 1.82) is 0 Å². The standard InChI is InChI=1S/C15H24ClN3O/c1-5-13-9-12(10-14(16)18-13)15(20)17-7-6-8-19(4)11(2)3/h9-11H,5-8H2,1-4H3,(H,17,20). The number of pyridine rings is 1. The lowest BCUT2D eigenvalue weighted by atomic mass is 10.2. The van der Waals surface area contributed by atoms with Crippen molar-refractivity contribution in [3.63, 3.8) is 0 Å². The summed E-state index contributed by atoms with van der Waals surface area (Å²) in [7, 11) is 2.09. The van der Waals surface area contributed by atoms with Gasteiger partial charge in [0.1, 0.15) is 5.15 Å². The second-order valence-corrected chi connectivity index (χ2v) is 5.59. The van der Waals surface area contributed by atoms with Crippen molar-refractivity contribution in [3.05, 3.63) is 28.5 Å². The molecule has 4 nitrogen and oxygen atoms in total. The van der Waals surface area contributed by atoms with E-state index in [4.69, 9.17) is 11.6 Å². The molecule has 1 heterocycles. The zero-order valence-electron chi connectivity index (χ0n) is 12.7. The second kappa shape index (κ2) is 8.22. The van der Waals surface area contributed by atoms with Gasteiger partial charge in [0.25, 0.3) is 5.91 Å². The summed E-state index contributed by atoms with van der Waals surface area (Å²) < 4.78 is 0. The third kappa shape index (κ3) is 5.47. The third-order valence-corrected chi connectivity index (χ3v) is 3.52. The van der Waals surface area contributed by atoms with Crippen molar-refractivity contribution < 1.29 is 4.79 Å². The molecule has 1 aromatic rings. The number of carbonyl (C=O) groups is 1. The van der Waals surface area contributed by atoms with Crippen LogP contribution in [0.4, 0.5) is 0 Å². The van der Waals surface area contributed by atoms with Crippen LogP contribution in [0.25, 0.3) is 0 Å². The van der Waals surface area contributed by atoms with Crippen LogP contribution in [0, 0.1) is 0 Å². The smallest absolute Gasteiger partial charge is 0.251 e. The topological polar surface area (TPSA) is 45.2 Å². The van der Waals surface area contributed by atoms with E-state index in [2.05, 4.69) is 36.1 Å². The average Bonchev–Trinajstić information content (AvgIpc) is 2.42. The van der Waals surface area contributed by atoms with Crippen LogP contribution >= 0.6 is 11.6 Å². The molecule has 0 radical (unpaired) electrons. The summed E-state index contributed by atoms with van der Waals surface area (Å²) in [6.45, 7) is 7.93. The molecule has 112 valence electrons. The number of aryl methyl sites for hydroxylation is 1. The highest BCUT2D eigenvalue weighted by Gasteiger charge is 2.09. The minimum Gasteiger partial charge on any atom is -0.352 e. The first-order valence-corrected chi connectivity index (χ1v) is 7.46. The number of amides is 1. The molecular formula is C15H24ClN3O. The predicted molar refractivity (Wildman–Crippen MR) is 83.3 cm³/mol. The van der Waals surface area contributed by atoms with Crippen LogP contribution in [0.15, 0.2) is 12.1 Å². The molecule has 0 unspecified atom stereocenters. The van der Waals surface area contributed by atoms with Gasteiger partial charge in [0.2, 0.25) is 0 Å².